The van der Waals surface area contributed by atoms with Crippen LogP contribution in [0.1, 0.15) is 42.7 Å². The van der Waals surface area contributed by atoms with Gasteiger partial charge in [0, 0.05) is 17.0 Å². The van der Waals surface area contributed by atoms with Gasteiger partial charge in [-0.2, -0.15) is 13.2 Å². The van der Waals surface area contributed by atoms with Gasteiger partial charge >= 0.3 is 6.18 Å². The molecule has 2 heterocycles. The predicted molar refractivity (Wildman–Crippen MR) is 108 cm³/mol. The highest BCUT2D eigenvalue weighted by atomic mass is 19.4. The minimum atomic E-state index is -4.61. The van der Waals surface area contributed by atoms with E-state index < -0.39 is 17.8 Å². The van der Waals surface area contributed by atoms with Gasteiger partial charge in [-0.3, -0.25) is 4.79 Å². The van der Waals surface area contributed by atoms with Crippen LogP contribution < -0.4 is 15.8 Å². The van der Waals surface area contributed by atoms with Gasteiger partial charge in [0.05, 0.1) is 13.7 Å². The van der Waals surface area contributed by atoms with Crippen molar-refractivity contribution < 1.29 is 27.1 Å². The first kappa shape index (κ1) is 22.5. The Bertz CT molecular complexity index is 1110. The number of carbonyl (C=O) groups excluding carboxylic acids is 1. The predicted octanol–water partition coefficient (Wildman–Crippen LogP) is 4.15. The number of hydrogen-bond acceptors (Lipinski definition) is 6. The summed E-state index contributed by atoms with van der Waals surface area (Å²) in [6, 6.07) is 5.09. The van der Waals surface area contributed by atoms with E-state index in [0.717, 1.165) is 6.07 Å². The van der Waals surface area contributed by atoms with E-state index >= 15 is 0 Å². The minimum Gasteiger partial charge on any atom is -0.494 e. The Kier molecular flexibility index (Phi) is 6.21. The summed E-state index contributed by atoms with van der Waals surface area (Å²) in [5.74, 6) is 0.159. The first-order valence-corrected chi connectivity index (χ1v) is 9.62. The fourth-order valence-electron chi connectivity index (χ4n) is 2.93. The zero-order valence-corrected chi connectivity index (χ0v) is 17.5. The molecule has 1 aromatic carbocycles. The van der Waals surface area contributed by atoms with Crippen molar-refractivity contribution in [2.24, 2.45) is 11.7 Å². The van der Waals surface area contributed by atoms with Gasteiger partial charge in [0.15, 0.2) is 11.5 Å². The molecule has 7 nitrogen and oxygen atoms in total. The normalized spacial score (nSPS) is 12.9. The number of ether oxygens (including phenoxy) is 1. The third-order valence-corrected chi connectivity index (χ3v) is 5.02. The molecule has 0 spiro atoms. The van der Waals surface area contributed by atoms with Crippen LogP contribution in [0.15, 0.2) is 28.7 Å². The van der Waals surface area contributed by atoms with Crippen molar-refractivity contribution in [2.45, 2.75) is 39.5 Å². The molecule has 3 rings (SSSR count). The van der Waals surface area contributed by atoms with E-state index in [1.165, 1.54) is 19.2 Å². The summed E-state index contributed by atoms with van der Waals surface area (Å²) >= 11 is 0. The van der Waals surface area contributed by atoms with Crippen LogP contribution in [0.2, 0.25) is 0 Å². The molecule has 0 bridgehead atoms. The van der Waals surface area contributed by atoms with E-state index in [-0.39, 0.29) is 47.1 Å². The average molecular weight is 436 g/mol. The summed E-state index contributed by atoms with van der Waals surface area (Å²) in [4.78, 5) is 20.7. The van der Waals surface area contributed by atoms with Gasteiger partial charge in [-0.1, -0.05) is 13.8 Å². The third kappa shape index (κ3) is 4.48. The lowest BCUT2D eigenvalue weighted by molar-refractivity contribution is -0.140. The summed E-state index contributed by atoms with van der Waals surface area (Å²) in [6.07, 6.45) is -4.61. The zero-order chi connectivity index (χ0) is 22.9. The van der Waals surface area contributed by atoms with Crippen LogP contribution >= 0.6 is 0 Å². The van der Waals surface area contributed by atoms with Crippen LogP contribution in [-0.2, 0) is 12.7 Å². The molecule has 0 fully saturated rings. The number of carbonyl (C=O) groups is 1. The number of oxazole rings is 1. The Morgan fingerprint density at radius 1 is 1.19 bits per heavy atom. The first-order valence-electron chi connectivity index (χ1n) is 9.62. The van der Waals surface area contributed by atoms with Crippen LogP contribution in [0, 0.1) is 5.92 Å². The molecule has 0 saturated carbocycles. The Balaban J connectivity index is 2.12. The Labute approximate surface area is 176 Å². The van der Waals surface area contributed by atoms with E-state index in [1.807, 2.05) is 20.8 Å². The number of aromatic nitrogens is 2. The number of nitrogens with two attached hydrogens (primary N) is 1. The third-order valence-electron chi connectivity index (χ3n) is 5.02. The van der Waals surface area contributed by atoms with Crippen molar-refractivity contribution in [3.63, 3.8) is 0 Å². The van der Waals surface area contributed by atoms with Crippen LogP contribution in [-0.4, -0.2) is 29.0 Å². The van der Waals surface area contributed by atoms with E-state index in [2.05, 4.69) is 15.3 Å². The number of benzene rings is 1. The maximum Gasteiger partial charge on any atom is 0.433 e. The van der Waals surface area contributed by atoms with Gasteiger partial charge < -0.3 is 20.2 Å². The van der Waals surface area contributed by atoms with Gasteiger partial charge in [0.1, 0.15) is 17.0 Å². The van der Waals surface area contributed by atoms with Gasteiger partial charge in [-0.05, 0) is 37.1 Å². The van der Waals surface area contributed by atoms with E-state index in [4.69, 9.17) is 14.9 Å². The summed E-state index contributed by atoms with van der Waals surface area (Å²) in [7, 11) is 1.34. The summed E-state index contributed by atoms with van der Waals surface area (Å²) in [5, 5.41) is 3.17. The SMILES string of the molecule is COc1ccc(-c2nc(C(=O)N[C@H](C)C(C)C)c(CN)o2)c2ccc(C(F)(F)F)nc12. The quantitative estimate of drug-likeness (QED) is 0.602. The first-order chi connectivity index (χ1) is 14.6. The molecule has 0 aliphatic rings. The standard InChI is InChI=1S/C21H23F3N4O3/c1-10(2)11(3)26-19(29)18-15(9-25)31-20(28-18)13-5-7-14(30-4)17-12(13)6-8-16(27-17)21(22,23)24/h5-8,10-11H,9,25H2,1-4H3,(H,26,29)/t11-/m1/s1. The largest absolute Gasteiger partial charge is 0.494 e. The molecule has 166 valence electrons. The van der Waals surface area contributed by atoms with Crippen molar-refractivity contribution >= 4 is 16.8 Å². The fraction of sp³-hybridized carbons (Fsp3) is 0.381. The second kappa shape index (κ2) is 8.54. The van der Waals surface area contributed by atoms with E-state index in [1.54, 1.807) is 6.07 Å². The average Bonchev–Trinajstić information content (AvgIpc) is 3.16. The molecule has 3 N–H and O–H groups in total. The molecule has 31 heavy (non-hydrogen) atoms. The molecular weight excluding hydrogens is 413 g/mol. The number of pyridine rings is 1. The number of hydrogen-bond donors (Lipinski definition) is 2. The van der Waals surface area contributed by atoms with Crippen LogP contribution in [0.5, 0.6) is 5.75 Å². The van der Waals surface area contributed by atoms with E-state index in [9.17, 15) is 18.0 Å². The highest BCUT2D eigenvalue weighted by Crippen LogP contribution is 2.36. The number of nitrogens with zero attached hydrogens (tertiary/aromatic N) is 2. The van der Waals surface area contributed by atoms with Gasteiger partial charge in [0.25, 0.3) is 5.91 Å². The number of nitrogens with one attached hydrogen (secondary N) is 1. The maximum atomic E-state index is 13.1. The smallest absolute Gasteiger partial charge is 0.433 e. The van der Waals surface area contributed by atoms with Crippen molar-refractivity contribution in [1.82, 2.24) is 15.3 Å². The van der Waals surface area contributed by atoms with Crippen molar-refractivity contribution in [1.29, 1.82) is 0 Å². The second-order valence-corrected chi connectivity index (χ2v) is 7.41. The molecule has 0 saturated heterocycles. The van der Waals surface area contributed by atoms with E-state index in [0.29, 0.717) is 10.9 Å². The van der Waals surface area contributed by atoms with Gasteiger partial charge in [-0.25, -0.2) is 9.97 Å². The highest BCUT2D eigenvalue weighted by Gasteiger charge is 2.33. The molecular formula is C21H23F3N4O3. The lowest BCUT2D eigenvalue weighted by atomic mass is 10.1. The molecule has 0 aliphatic heterocycles. The Hall–Kier alpha value is -3.14. The van der Waals surface area contributed by atoms with Crippen LogP contribution in [0.3, 0.4) is 0 Å². The lowest BCUT2D eigenvalue weighted by Gasteiger charge is -2.16. The lowest BCUT2D eigenvalue weighted by Crippen LogP contribution is -2.36. The zero-order valence-electron chi connectivity index (χ0n) is 17.5. The number of methoxy groups -OCH3 is 1. The van der Waals surface area contributed by atoms with Crippen LogP contribution in [0.4, 0.5) is 13.2 Å². The Morgan fingerprint density at radius 3 is 2.48 bits per heavy atom. The molecule has 0 unspecified atom stereocenters. The monoisotopic (exact) mass is 436 g/mol. The fourth-order valence-corrected chi connectivity index (χ4v) is 2.93. The number of fused-ring (bicyclic) bond motifs is 1. The molecule has 0 aliphatic carbocycles. The summed E-state index contributed by atoms with van der Waals surface area (Å²) < 4.78 is 50.3. The molecule has 0 radical (unpaired) electrons. The molecule has 1 amide bonds. The Morgan fingerprint density at radius 2 is 1.90 bits per heavy atom. The summed E-state index contributed by atoms with van der Waals surface area (Å²) in [6.45, 7) is 5.73. The highest BCUT2D eigenvalue weighted by molar-refractivity contribution is 5.98. The van der Waals surface area contributed by atoms with Gasteiger partial charge in [0.2, 0.25) is 5.89 Å². The van der Waals surface area contributed by atoms with Crippen molar-refractivity contribution in [3.05, 3.63) is 41.4 Å². The topological polar surface area (TPSA) is 103 Å². The minimum absolute atomic E-state index is 0.00163. The molecule has 2 aromatic heterocycles. The second-order valence-electron chi connectivity index (χ2n) is 7.41. The molecule has 3 aromatic rings. The number of rotatable bonds is 6. The van der Waals surface area contributed by atoms with Crippen molar-refractivity contribution in [2.75, 3.05) is 7.11 Å². The number of alkyl halides is 3. The number of amides is 1. The van der Waals surface area contributed by atoms with Crippen LogP contribution in [0.25, 0.3) is 22.4 Å². The van der Waals surface area contributed by atoms with Gasteiger partial charge in [-0.15, -0.1) is 0 Å². The molecule has 10 heteroatoms. The number of halogens is 3. The summed E-state index contributed by atoms with van der Waals surface area (Å²) in [5.41, 5.74) is 5.08. The van der Waals surface area contributed by atoms with Crippen molar-refractivity contribution in [3.8, 4) is 17.2 Å². The maximum absolute atomic E-state index is 13.1. The molecule has 1 atom stereocenters.